The predicted molar refractivity (Wildman–Crippen MR) is 41.2 cm³/mol. The maximum Gasteiger partial charge on any atom is 0.0677 e. The molecule has 0 fully saturated rings. The van der Waals surface area contributed by atoms with Gasteiger partial charge in [0.05, 0.1) is 17.4 Å². The first-order valence-corrected chi connectivity index (χ1v) is 3.61. The van der Waals surface area contributed by atoms with Crippen molar-refractivity contribution in [1.29, 1.82) is 0 Å². The fraction of sp³-hybridized carbons (Fsp3) is 0.667. The van der Waals surface area contributed by atoms with Crippen molar-refractivity contribution in [3.63, 3.8) is 0 Å². The van der Waals surface area contributed by atoms with E-state index >= 15 is 0 Å². The maximum atomic E-state index is 8.31. The Morgan fingerprint density at radius 1 is 1.56 bits per heavy atom. The molecule has 0 aliphatic carbocycles. The minimum atomic E-state index is -0.182. The fourth-order valence-electron chi connectivity index (χ4n) is 0.344. The minimum Gasteiger partial charge on any atom is -0.392 e. The molecule has 2 atom stereocenters. The van der Waals surface area contributed by atoms with Crippen molar-refractivity contribution in [1.82, 2.24) is 0 Å². The van der Waals surface area contributed by atoms with Gasteiger partial charge in [-0.2, -0.15) is 0 Å². The number of aliphatic hydroxyl groups excluding tert-OH is 1. The van der Waals surface area contributed by atoms with Crippen LogP contribution in [0.25, 0.3) is 0 Å². The Bertz CT molecular complexity index is 91.1. The second-order valence-corrected chi connectivity index (χ2v) is 2.93. The Morgan fingerprint density at radius 3 is 2.44 bits per heavy atom. The molecular weight excluding hydrogens is 159 g/mol. The Balaban J connectivity index is 3.48. The van der Waals surface area contributed by atoms with Crippen LogP contribution in [0.1, 0.15) is 6.92 Å². The third-order valence-corrected chi connectivity index (χ3v) is 1.79. The van der Waals surface area contributed by atoms with E-state index in [9.17, 15) is 0 Å². The van der Waals surface area contributed by atoms with E-state index in [-0.39, 0.29) is 17.4 Å². The Hall–Kier alpha value is 0.280. The van der Waals surface area contributed by atoms with Crippen LogP contribution >= 0.6 is 23.2 Å². The van der Waals surface area contributed by atoms with Crippen molar-refractivity contribution in [2.24, 2.45) is 0 Å². The second kappa shape index (κ2) is 5.10. The number of alkyl halides is 2. The van der Waals surface area contributed by atoms with Gasteiger partial charge in [0.25, 0.3) is 0 Å². The molecular formula is C6H10Cl2O. The third kappa shape index (κ3) is 4.76. The van der Waals surface area contributed by atoms with E-state index < -0.39 is 0 Å². The van der Waals surface area contributed by atoms with Gasteiger partial charge in [-0.3, -0.25) is 0 Å². The van der Waals surface area contributed by atoms with Gasteiger partial charge in [-0.1, -0.05) is 12.2 Å². The van der Waals surface area contributed by atoms with Crippen molar-refractivity contribution in [2.75, 3.05) is 6.61 Å². The summed E-state index contributed by atoms with van der Waals surface area (Å²) in [5.74, 6) is 0. The zero-order chi connectivity index (χ0) is 7.28. The second-order valence-electron chi connectivity index (χ2n) is 1.73. The molecule has 0 aromatic rings. The smallest absolute Gasteiger partial charge is 0.0677 e. The SMILES string of the molecule is C[C@H](Cl)[C@H](Cl)/C=C/CO. The lowest BCUT2D eigenvalue weighted by Crippen LogP contribution is -2.06. The number of aliphatic hydroxyl groups is 1. The summed E-state index contributed by atoms with van der Waals surface area (Å²) in [4.78, 5) is 0. The van der Waals surface area contributed by atoms with Gasteiger partial charge in [0.2, 0.25) is 0 Å². The van der Waals surface area contributed by atoms with Gasteiger partial charge in [-0.15, -0.1) is 23.2 Å². The van der Waals surface area contributed by atoms with E-state index in [1.165, 1.54) is 0 Å². The van der Waals surface area contributed by atoms with Crippen LogP contribution < -0.4 is 0 Å². The van der Waals surface area contributed by atoms with Crippen molar-refractivity contribution >= 4 is 23.2 Å². The van der Waals surface area contributed by atoms with Crippen LogP contribution in [0.4, 0.5) is 0 Å². The Labute approximate surface area is 65.3 Å². The van der Waals surface area contributed by atoms with E-state index in [0.717, 1.165) is 0 Å². The molecule has 0 amide bonds. The molecule has 0 saturated carbocycles. The van der Waals surface area contributed by atoms with Crippen LogP contribution in [-0.4, -0.2) is 22.5 Å². The Morgan fingerprint density at radius 2 is 2.11 bits per heavy atom. The molecule has 9 heavy (non-hydrogen) atoms. The molecule has 0 radical (unpaired) electrons. The molecule has 0 aliphatic rings. The molecule has 0 heterocycles. The van der Waals surface area contributed by atoms with Crippen LogP contribution in [0.5, 0.6) is 0 Å². The van der Waals surface area contributed by atoms with E-state index in [0.29, 0.717) is 0 Å². The summed E-state index contributed by atoms with van der Waals surface area (Å²) in [5.41, 5.74) is 0. The van der Waals surface area contributed by atoms with Gasteiger partial charge in [0, 0.05) is 0 Å². The first kappa shape index (κ1) is 9.28. The lowest BCUT2D eigenvalue weighted by atomic mass is 10.3. The molecule has 1 nitrogen and oxygen atoms in total. The standard InChI is InChI=1S/C6H10Cl2O/c1-5(7)6(8)3-2-4-9/h2-3,5-6,9H,4H2,1H3/b3-2+/t5-,6+/m0/s1. The number of rotatable bonds is 3. The maximum absolute atomic E-state index is 8.31. The summed E-state index contributed by atoms with van der Waals surface area (Å²) in [6.07, 6.45) is 3.26. The number of hydrogen-bond donors (Lipinski definition) is 1. The summed E-state index contributed by atoms with van der Waals surface area (Å²) in [5, 5.41) is 8.04. The summed E-state index contributed by atoms with van der Waals surface area (Å²) >= 11 is 11.3. The topological polar surface area (TPSA) is 20.2 Å². The third-order valence-electron chi connectivity index (χ3n) is 0.864. The van der Waals surface area contributed by atoms with Crippen LogP contribution in [0.3, 0.4) is 0 Å². The van der Waals surface area contributed by atoms with E-state index in [4.69, 9.17) is 28.3 Å². The zero-order valence-corrected chi connectivity index (χ0v) is 6.73. The lowest BCUT2D eigenvalue weighted by Gasteiger charge is -2.03. The summed E-state index contributed by atoms with van der Waals surface area (Å²) in [6, 6.07) is 0. The molecule has 0 unspecified atom stereocenters. The number of hydrogen-bond acceptors (Lipinski definition) is 1. The summed E-state index contributed by atoms with van der Waals surface area (Å²) in [6.45, 7) is 1.83. The summed E-state index contributed by atoms with van der Waals surface area (Å²) < 4.78 is 0. The molecule has 0 aliphatic heterocycles. The van der Waals surface area contributed by atoms with Gasteiger partial charge < -0.3 is 5.11 Å². The van der Waals surface area contributed by atoms with Gasteiger partial charge in [0.1, 0.15) is 0 Å². The molecule has 0 aromatic carbocycles. The molecule has 0 saturated heterocycles. The van der Waals surface area contributed by atoms with Crippen molar-refractivity contribution in [2.45, 2.75) is 17.7 Å². The molecule has 54 valence electrons. The quantitative estimate of drug-likeness (QED) is 0.504. The largest absolute Gasteiger partial charge is 0.392 e. The van der Waals surface area contributed by atoms with E-state index in [1.807, 2.05) is 0 Å². The highest BCUT2D eigenvalue weighted by Crippen LogP contribution is 2.09. The average Bonchev–Trinajstić information content (AvgIpc) is 1.82. The van der Waals surface area contributed by atoms with E-state index in [1.54, 1.807) is 19.1 Å². The van der Waals surface area contributed by atoms with Crippen LogP contribution in [0, 0.1) is 0 Å². The van der Waals surface area contributed by atoms with Crippen molar-refractivity contribution in [3.05, 3.63) is 12.2 Å². The molecule has 0 bridgehead atoms. The van der Waals surface area contributed by atoms with Crippen molar-refractivity contribution in [3.8, 4) is 0 Å². The van der Waals surface area contributed by atoms with Gasteiger partial charge in [-0.05, 0) is 6.92 Å². The number of allylic oxidation sites excluding steroid dienone is 1. The van der Waals surface area contributed by atoms with Crippen LogP contribution in [-0.2, 0) is 0 Å². The first-order chi connectivity index (χ1) is 4.18. The minimum absolute atomic E-state index is 0.0207. The van der Waals surface area contributed by atoms with E-state index in [2.05, 4.69) is 0 Å². The van der Waals surface area contributed by atoms with Gasteiger partial charge >= 0.3 is 0 Å². The number of halogens is 2. The normalized spacial score (nSPS) is 18.2. The highest BCUT2D eigenvalue weighted by molar-refractivity contribution is 6.30. The average molecular weight is 169 g/mol. The molecule has 0 spiro atoms. The van der Waals surface area contributed by atoms with Gasteiger partial charge in [0.15, 0.2) is 0 Å². The molecule has 0 rings (SSSR count). The highest BCUT2D eigenvalue weighted by Gasteiger charge is 2.05. The zero-order valence-electron chi connectivity index (χ0n) is 5.22. The lowest BCUT2D eigenvalue weighted by molar-refractivity contribution is 0.342. The fourth-order valence-corrected chi connectivity index (χ4v) is 0.531. The molecule has 3 heteroatoms. The Kier molecular flexibility index (Phi) is 5.25. The highest BCUT2D eigenvalue weighted by atomic mass is 35.5. The van der Waals surface area contributed by atoms with Gasteiger partial charge in [-0.25, -0.2) is 0 Å². The predicted octanol–water partition coefficient (Wildman–Crippen LogP) is 1.77. The summed E-state index contributed by atoms with van der Waals surface area (Å²) in [7, 11) is 0. The first-order valence-electron chi connectivity index (χ1n) is 2.74. The molecule has 0 aromatic heterocycles. The van der Waals surface area contributed by atoms with Crippen LogP contribution in [0.2, 0.25) is 0 Å². The van der Waals surface area contributed by atoms with Crippen molar-refractivity contribution < 1.29 is 5.11 Å². The molecule has 1 N–H and O–H groups in total. The van der Waals surface area contributed by atoms with Crippen LogP contribution in [0.15, 0.2) is 12.2 Å². The monoisotopic (exact) mass is 168 g/mol.